The maximum Gasteiger partial charge on any atom is 0.0211 e. The van der Waals surface area contributed by atoms with Crippen LogP contribution < -0.4 is 5.32 Å². The smallest absolute Gasteiger partial charge is 0.0211 e. The van der Waals surface area contributed by atoms with Crippen molar-refractivity contribution in [1.29, 1.82) is 0 Å². The van der Waals surface area contributed by atoms with Crippen molar-refractivity contribution in [2.45, 2.75) is 57.5 Å². The third-order valence-corrected chi connectivity index (χ3v) is 4.07. The fraction of sp³-hybridized carbons (Fsp3) is 0.600. The molecule has 2 fully saturated rings. The Morgan fingerprint density at radius 2 is 2.06 bits per heavy atom. The van der Waals surface area contributed by atoms with Gasteiger partial charge in [0, 0.05) is 12.6 Å². The van der Waals surface area contributed by atoms with E-state index >= 15 is 0 Å². The molecule has 86 valence electrons. The van der Waals surface area contributed by atoms with Crippen LogP contribution in [-0.2, 0) is 12.0 Å². The quantitative estimate of drug-likeness (QED) is 0.812. The van der Waals surface area contributed by atoms with E-state index in [9.17, 15) is 0 Å². The van der Waals surface area contributed by atoms with E-state index in [1.165, 1.54) is 36.8 Å². The third kappa shape index (κ3) is 2.01. The van der Waals surface area contributed by atoms with Gasteiger partial charge in [-0.1, -0.05) is 30.7 Å². The highest BCUT2D eigenvalue weighted by molar-refractivity contribution is 5.40. The summed E-state index contributed by atoms with van der Waals surface area (Å²) < 4.78 is 0. The van der Waals surface area contributed by atoms with E-state index in [1.54, 1.807) is 5.56 Å². The van der Waals surface area contributed by atoms with Crippen LogP contribution in [0, 0.1) is 6.92 Å². The molecule has 0 aliphatic heterocycles. The fourth-order valence-corrected chi connectivity index (χ4v) is 2.40. The molecule has 0 spiro atoms. The lowest BCUT2D eigenvalue weighted by atomic mass is 9.91. The molecule has 0 aromatic heterocycles. The van der Waals surface area contributed by atoms with Gasteiger partial charge < -0.3 is 5.32 Å². The van der Waals surface area contributed by atoms with Gasteiger partial charge in [-0.3, -0.25) is 0 Å². The van der Waals surface area contributed by atoms with Crippen LogP contribution in [0.15, 0.2) is 18.2 Å². The summed E-state index contributed by atoms with van der Waals surface area (Å²) in [7, 11) is 0. The van der Waals surface area contributed by atoms with Crippen molar-refractivity contribution < 1.29 is 0 Å². The Bertz CT molecular complexity index is 400. The van der Waals surface area contributed by atoms with Gasteiger partial charge in [0.1, 0.15) is 0 Å². The third-order valence-electron chi connectivity index (χ3n) is 4.07. The van der Waals surface area contributed by atoms with Crippen molar-refractivity contribution in [3.05, 3.63) is 34.9 Å². The van der Waals surface area contributed by atoms with Crippen LogP contribution in [0.25, 0.3) is 0 Å². The van der Waals surface area contributed by atoms with Crippen molar-refractivity contribution >= 4 is 0 Å². The number of nitrogens with one attached hydrogen (secondary N) is 1. The number of hydrogen-bond acceptors (Lipinski definition) is 1. The average molecular weight is 215 g/mol. The van der Waals surface area contributed by atoms with Gasteiger partial charge in [0.15, 0.2) is 0 Å². The molecule has 0 radical (unpaired) electrons. The zero-order chi connectivity index (χ0) is 11.2. The molecular weight excluding hydrogens is 194 g/mol. The minimum Gasteiger partial charge on any atom is -0.310 e. The Balaban J connectivity index is 1.83. The van der Waals surface area contributed by atoms with E-state index in [-0.39, 0.29) is 0 Å². The summed E-state index contributed by atoms with van der Waals surface area (Å²) in [6.45, 7) is 5.67. The molecule has 0 saturated heterocycles. The zero-order valence-corrected chi connectivity index (χ0v) is 10.3. The van der Waals surface area contributed by atoms with Crippen LogP contribution in [0.3, 0.4) is 0 Å². The van der Waals surface area contributed by atoms with Crippen LogP contribution >= 0.6 is 0 Å². The van der Waals surface area contributed by atoms with Crippen LogP contribution in [0.2, 0.25) is 0 Å². The second-order valence-corrected chi connectivity index (χ2v) is 5.88. The summed E-state index contributed by atoms with van der Waals surface area (Å²) in [4.78, 5) is 0. The molecule has 16 heavy (non-hydrogen) atoms. The lowest BCUT2D eigenvalue weighted by Crippen LogP contribution is -2.18. The number of rotatable bonds is 4. The second-order valence-electron chi connectivity index (χ2n) is 5.88. The monoisotopic (exact) mass is 215 g/mol. The van der Waals surface area contributed by atoms with Gasteiger partial charge in [-0.25, -0.2) is 0 Å². The minimum absolute atomic E-state index is 0.493. The molecule has 0 amide bonds. The number of benzene rings is 1. The normalized spacial score (nSPS) is 22.1. The number of aryl methyl sites for hydroxylation is 1. The van der Waals surface area contributed by atoms with Gasteiger partial charge in [-0.15, -0.1) is 0 Å². The van der Waals surface area contributed by atoms with Crippen LogP contribution in [0.4, 0.5) is 0 Å². The molecule has 1 nitrogen and oxygen atoms in total. The van der Waals surface area contributed by atoms with Gasteiger partial charge in [0.25, 0.3) is 0 Å². The summed E-state index contributed by atoms with van der Waals surface area (Å²) >= 11 is 0. The Hall–Kier alpha value is -0.820. The van der Waals surface area contributed by atoms with Gasteiger partial charge in [-0.05, 0) is 49.1 Å². The van der Waals surface area contributed by atoms with Crippen molar-refractivity contribution in [3.8, 4) is 0 Å². The molecule has 0 heterocycles. The van der Waals surface area contributed by atoms with Crippen molar-refractivity contribution in [2.75, 3.05) is 0 Å². The van der Waals surface area contributed by atoms with Crippen molar-refractivity contribution in [3.63, 3.8) is 0 Å². The Morgan fingerprint density at radius 1 is 1.31 bits per heavy atom. The first-order valence-electron chi connectivity index (χ1n) is 6.51. The first kappa shape index (κ1) is 10.3. The van der Waals surface area contributed by atoms with E-state index in [1.807, 2.05) is 0 Å². The maximum absolute atomic E-state index is 3.63. The largest absolute Gasteiger partial charge is 0.310 e. The number of hydrogen-bond donors (Lipinski definition) is 1. The molecule has 1 aromatic rings. The zero-order valence-electron chi connectivity index (χ0n) is 10.3. The predicted octanol–water partition coefficient (Wildman–Crippen LogP) is 3.30. The van der Waals surface area contributed by atoms with Crippen LogP contribution in [-0.4, -0.2) is 6.04 Å². The first-order chi connectivity index (χ1) is 7.67. The van der Waals surface area contributed by atoms with Gasteiger partial charge in [-0.2, -0.15) is 0 Å². The average Bonchev–Trinajstić information content (AvgIpc) is 3.13. The van der Waals surface area contributed by atoms with Gasteiger partial charge >= 0.3 is 0 Å². The summed E-state index contributed by atoms with van der Waals surface area (Å²) in [6.07, 6.45) is 5.48. The molecule has 0 bridgehead atoms. The Kier molecular flexibility index (Phi) is 2.32. The molecule has 2 saturated carbocycles. The molecule has 0 unspecified atom stereocenters. The minimum atomic E-state index is 0.493. The summed E-state index contributed by atoms with van der Waals surface area (Å²) in [5.41, 5.74) is 5.02. The summed E-state index contributed by atoms with van der Waals surface area (Å²) in [5, 5.41) is 3.63. The SMILES string of the molecule is Cc1ccc(CNC2CC2)c(C2(C)CC2)c1. The Morgan fingerprint density at radius 3 is 2.69 bits per heavy atom. The fourth-order valence-electron chi connectivity index (χ4n) is 2.40. The Labute approximate surface area is 98.3 Å². The molecular formula is C15H21N. The highest BCUT2D eigenvalue weighted by atomic mass is 14.9. The molecule has 3 rings (SSSR count). The molecule has 1 aromatic carbocycles. The molecule has 2 aliphatic carbocycles. The van der Waals surface area contributed by atoms with Crippen LogP contribution in [0.5, 0.6) is 0 Å². The second kappa shape index (κ2) is 3.59. The van der Waals surface area contributed by atoms with E-state index in [0.29, 0.717) is 5.41 Å². The van der Waals surface area contributed by atoms with Crippen molar-refractivity contribution in [1.82, 2.24) is 5.32 Å². The lowest BCUT2D eigenvalue weighted by Gasteiger charge is -2.16. The van der Waals surface area contributed by atoms with Crippen LogP contribution in [0.1, 0.15) is 49.3 Å². The topological polar surface area (TPSA) is 12.0 Å². The predicted molar refractivity (Wildman–Crippen MR) is 67.6 cm³/mol. The van der Waals surface area contributed by atoms with E-state index in [4.69, 9.17) is 0 Å². The van der Waals surface area contributed by atoms with E-state index in [2.05, 4.69) is 37.4 Å². The summed E-state index contributed by atoms with van der Waals surface area (Å²) in [5.74, 6) is 0. The molecule has 0 atom stereocenters. The molecule has 1 heteroatoms. The first-order valence-corrected chi connectivity index (χ1v) is 6.51. The standard InChI is InChI=1S/C15H21N/c1-11-3-4-12(10-16-13-5-6-13)14(9-11)15(2)7-8-15/h3-4,9,13,16H,5-8,10H2,1-2H3. The van der Waals surface area contributed by atoms with Gasteiger partial charge in [0.2, 0.25) is 0 Å². The summed E-state index contributed by atoms with van der Waals surface area (Å²) in [6, 6.07) is 7.78. The lowest BCUT2D eigenvalue weighted by molar-refractivity contribution is 0.667. The van der Waals surface area contributed by atoms with Crippen molar-refractivity contribution in [2.24, 2.45) is 0 Å². The maximum atomic E-state index is 3.63. The molecule has 1 N–H and O–H groups in total. The van der Waals surface area contributed by atoms with E-state index < -0.39 is 0 Å². The highest BCUT2D eigenvalue weighted by Gasteiger charge is 2.40. The van der Waals surface area contributed by atoms with Gasteiger partial charge in [0.05, 0.1) is 0 Å². The molecule has 2 aliphatic rings. The highest BCUT2D eigenvalue weighted by Crippen LogP contribution is 2.49. The van der Waals surface area contributed by atoms with E-state index in [0.717, 1.165) is 12.6 Å².